The molecule has 156 valence electrons. The number of benzene rings is 3. The number of carbonyl (C=O) groups is 1. The van der Waals surface area contributed by atoms with Crippen LogP contribution in [0, 0.1) is 6.92 Å². The van der Waals surface area contributed by atoms with Crippen LogP contribution < -0.4 is 14.8 Å². The summed E-state index contributed by atoms with van der Waals surface area (Å²) in [5.74, 6) is 0.321. The average Bonchev–Trinajstić information content (AvgIpc) is 2.74. The molecule has 2 N–H and O–H groups in total. The van der Waals surface area contributed by atoms with Gasteiger partial charge >= 0.3 is 0 Å². The minimum atomic E-state index is -3.84. The molecule has 0 saturated heterocycles. The van der Waals surface area contributed by atoms with Gasteiger partial charge < -0.3 is 10.1 Å². The van der Waals surface area contributed by atoms with Crippen molar-refractivity contribution in [2.45, 2.75) is 25.3 Å². The van der Waals surface area contributed by atoms with Gasteiger partial charge in [0.1, 0.15) is 5.75 Å². The monoisotopic (exact) mass is 424 g/mol. The zero-order valence-electron chi connectivity index (χ0n) is 16.9. The second-order valence-corrected chi connectivity index (χ2v) is 8.44. The Morgan fingerprint density at radius 1 is 0.967 bits per heavy atom. The van der Waals surface area contributed by atoms with Crippen molar-refractivity contribution in [1.82, 2.24) is 5.32 Å². The lowest BCUT2D eigenvalue weighted by Crippen LogP contribution is -2.23. The third kappa shape index (κ3) is 5.61. The highest BCUT2D eigenvalue weighted by atomic mass is 32.2. The van der Waals surface area contributed by atoms with Crippen molar-refractivity contribution >= 4 is 21.6 Å². The van der Waals surface area contributed by atoms with Crippen LogP contribution in [0.1, 0.15) is 28.4 Å². The predicted octanol–water partition coefficient (Wildman–Crippen LogP) is 4.12. The highest BCUT2D eigenvalue weighted by molar-refractivity contribution is 7.92. The van der Waals surface area contributed by atoms with Crippen LogP contribution in [-0.4, -0.2) is 20.9 Å². The Hall–Kier alpha value is -3.32. The van der Waals surface area contributed by atoms with Gasteiger partial charge in [0, 0.05) is 17.8 Å². The van der Waals surface area contributed by atoms with Crippen molar-refractivity contribution in [2.75, 3.05) is 11.3 Å². The number of ether oxygens (including phenoxy) is 1. The Morgan fingerprint density at radius 3 is 2.33 bits per heavy atom. The van der Waals surface area contributed by atoms with E-state index in [4.69, 9.17) is 4.74 Å². The van der Waals surface area contributed by atoms with Crippen LogP contribution in [-0.2, 0) is 16.6 Å². The fourth-order valence-electron chi connectivity index (χ4n) is 2.79. The van der Waals surface area contributed by atoms with Crippen LogP contribution in [0.5, 0.6) is 5.75 Å². The van der Waals surface area contributed by atoms with Crippen LogP contribution in [0.2, 0.25) is 0 Å². The molecule has 3 aromatic rings. The molecular formula is C23H24N2O4S. The number of rotatable bonds is 8. The van der Waals surface area contributed by atoms with Crippen LogP contribution in [0.4, 0.5) is 5.69 Å². The summed E-state index contributed by atoms with van der Waals surface area (Å²) in [6.07, 6.45) is 0. The molecule has 0 aliphatic heterocycles. The third-order valence-corrected chi connectivity index (χ3v) is 5.78. The molecule has 3 aromatic carbocycles. The summed E-state index contributed by atoms with van der Waals surface area (Å²) in [5, 5.41) is 2.81. The minimum Gasteiger partial charge on any atom is -0.494 e. The lowest BCUT2D eigenvalue weighted by molar-refractivity contribution is 0.0950. The Labute approximate surface area is 177 Å². The summed E-state index contributed by atoms with van der Waals surface area (Å²) in [7, 11) is -3.84. The fraction of sp³-hybridized carbons (Fsp3) is 0.174. The number of carbonyl (C=O) groups excluding carboxylic acids is 1. The first-order valence-electron chi connectivity index (χ1n) is 9.57. The number of hydrogen-bond donors (Lipinski definition) is 2. The Morgan fingerprint density at radius 2 is 1.67 bits per heavy atom. The number of amides is 1. The summed E-state index contributed by atoms with van der Waals surface area (Å²) >= 11 is 0. The topological polar surface area (TPSA) is 84.5 Å². The van der Waals surface area contributed by atoms with Gasteiger partial charge in [-0.1, -0.05) is 35.9 Å². The van der Waals surface area contributed by atoms with Crippen molar-refractivity contribution in [3.8, 4) is 5.75 Å². The van der Waals surface area contributed by atoms with E-state index in [1.165, 1.54) is 12.1 Å². The summed E-state index contributed by atoms with van der Waals surface area (Å²) in [6, 6.07) is 20.4. The molecule has 0 spiro atoms. The molecule has 0 heterocycles. The lowest BCUT2D eigenvalue weighted by Gasteiger charge is -2.11. The van der Waals surface area contributed by atoms with E-state index in [1.54, 1.807) is 36.4 Å². The summed E-state index contributed by atoms with van der Waals surface area (Å²) in [6.45, 7) is 4.76. The third-order valence-electron chi connectivity index (χ3n) is 4.40. The molecule has 0 radical (unpaired) electrons. The van der Waals surface area contributed by atoms with Gasteiger partial charge in [0.05, 0.1) is 11.5 Å². The molecule has 0 aromatic heterocycles. The SMILES string of the molecule is CCOc1ccc(NS(=O)(=O)c2cccc(C(=O)NCc3ccc(C)cc3)c2)cc1. The molecule has 7 heteroatoms. The van der Waals surface area contributed by atoms with Gasteiger partial charge in [-0.2, -0.15) is 0 Å². The summed E-state index contributed by atoms with van der Waals surface area (Å²) in [5.41, 5.74) is 2.79. The van der Waals surface area contributed by atoms with Crippen molar-refractivity contribution in [3.05, 3.63) is 89.5 Å². The van der Waals surface area contributed by atoms with Gasteiger partial charge in [-0.05, 0) is 61.9 Å². The molecular weight excluding hydrogens is 400 g/mol. The molecule has 0 unspecified atom stereocenters. The Balaban J connectivity index is 1.69. The molecule has 0 atom stereocenters. The number of sulfonamides is 1. The van der Waals surface area contributed by atoms with E-state index >= 15 is 0 Å². The number of hydrogen-bond acceptors (Lipinski definition) is 4. The highest BCUT2D eigenvalue weighted by Crippen LogP contribution is 2.20. The molecule has 6 nitrogen and oxygen atoms in total. The standard InChI is InChI=1S/C23H24N2O4S/c1-3-29-21-13-11-20(12-14-21)25-30(27,28)22-6-4-5-19(15-22)23(26)24-16-18-9-7-17(2)8-10-18/h4-15,25H,3,16H2,1-2H3,(H,24,26). The van der Waals surface area contributed by atoms with Gasteiger partial charge in [-0.15, -0.1) is 0 Å². The molecule has 30 heavy (non-hydrogen) atoms. The van der Waals surface area contributed by atoms with Crippen molar-refractivity contribution in [1.29, 1.82) is 0 Å². The minimum absolute atomic E-state index is 0.0133. The normalized spacial score (nSPS) is 11.0. The van der Waals surface area contributed by atoms with Crippen molar-refractivity contribution in [3.63, 3.8) is 0 Å². The van der Waals surface area contributed by atoms with Crippen molar-refractivity contribution in [2.24, 2.45) is 0 Å². The largest absolute Gasteiger partial charge is 0.494 e. The molecule has 0 bridgehead atoms. The predicted molar refractivity (Wildman–Crippen MR) is 117 cm³/mol. The maximum Gasteiger partial charge on any atom is 0.261 e. The number of anilines is 1. The zero-order chi connectivity index (χ0) is 21.6. The van der Waals surface area contributed by atoms with E-state index < -0.39 is 10.0 Å². The van der Waals surface area contributed by atoms with E-state index in [-0.39, 0.29) is 16.4 Å². The van der Waals surface area contributed by atoms with Crippen molar-refractivity contribution < 1.29 is 17.9 Å². The molecule has 1 amide bonds. The van der Waals surface area contributed by atoms with Gasteiger partial charge in [-0.25, -0.2) is 8.42 Å². The summed E-state index contributed by atoms with van der Waals surface area (Å²) < 4.78 is 33.3. The van der Waals surface area contributed by atoms with E-state index in [0.29, 0.717) is 24.6 Å². The maximum absolute atomic E-state index is 12.7. The van der Waals surface area contributed by atoms with E-state index in [9.17, 15) is 13.2 Å². The zero-order valence-corrected chi connectivity index (χ0v) is 17.7. The fourth-order valence-corrected chi connectivity index (χ4v) is 3.90. The Bertz CT molecular complexity index is 1110. The van der Waals surface area contributed by atoms with Crippen LogP contribution in [0.15, 0.2) is 77.7 Å². The second-order valence-electron chi connectivity index (χ2n) is 6.76. The van der Waals surface area contributed by atoms with Gasteiger partial charge in [0.2, 0.25) is 0 Å². The quantitative estimate of drug-likeness (QED) is 0.570. The summed E-state index contributed by atoms with van der Waals surface area (Å²) in [4.78, 5) is 12.5. The molecule has 0 fully saturated rings. The lowest BCUT2D eigenvalue weighted by atomic mass is 10.1. The average molecular weight is 425 g/mol. The van der Waals surface area contributed by atoms with Crippen LogP contribution in [0.25, 0.3) is 0 Å². The van der Waals surface area contributed by atoms with Crippen LogP contribution >= 0.6 is 0 Å². The molecule has 3 rings (SSSR count). The van der Waals surface area contributed by atoms with Crippen LogP contribution in [0.3, 0.4) is 0 Å². The molecule has 0 saturated carbocycles. The smallest absolute Gasteiger partial charge is 0.261 e. The Kier molecular flexibility index (Phi) is 6.74. The first-order chi connectivity index (χ1) is 14.4. The van der Waals surface area contributed by atoms with Gasteiger partial charge in [0.15, 0.2) is 0 Å². The van der Waals surface area contributed by atoms with E-state index in [1.807, 2.05) is 38.1 Å². The first-order valence-corrected chi connectivity index (χ1v) is 11.0. The first kappa shape index (κ1) is 21.4. The van der Waals surface area contributed by atoms with E-state index in [0.717, 1.165) is 11.1 Å². The molecule has 0 aliphatic carbocycles. The van der Waals surface area contributed by atoms with Gasteiger partial charge in [-0.3, -0.25) is 9.52 Å². The second kappa shape index (κ2) is 9.45. The van der Waals surface area contributed by atoms with Gasteiger partial charge in [0.25, 0.3) is 15.9 Å². The number of nitrogens with one attached hydrogen (secondary N) is 2. The van der Waals surface area contributed by atoms with E-state index in [2.05, 4.69) is 10.0 Å². The number of aryl methyl sites for hydroxylation is 1. The molecule has 0 aliphatic rings. The maximum atomic E-state index is 12.7. The highest BCUT2D eigenvalue weighted by Gasteiger charge is 2.16.